The summed E-state index contributed by atoms with van der Waals surface area (Å²) in [6, 6.07) is 31.9. The number of carboxylic acids is 1. The highest BCUT2D eigenvalue weighted by atomic mass is 16.5. The Balaban J connectivity index is 1.47. The third kappa shape index (κ3) is 4.35. The van der Waals surface area contributed by atoms with Gasteiger partial charge < -0.3 is 9.84 Å². The van der Waals surface area contributed by atoms with E-state index in [1.54, 1.807) is 6.92 Å². The van der Waals surface area contributed by atoms with Crippen molar-refractivity contribution in [1.29, 1.82) is 0 Å². The first-order chi connectivity index (χ1) is 22.8. The molecule has 6 aromatic rings. The van der Waals surface area contributed by atoms with Gasteiger partial charge in [0.05, 0.1) is 56.9 Å². The quantitative estimate of drug-likeness (QED) is 0.168. The summed E-state index contributed by atoms with van der Waals surface area (Å²) in [5, 5.41) is 10.4. The molecule has 0 radical (unpaired) electrons. The lowest BCUT2D eigenvalue weighted by Gasteiger charge is -2.42. The first-order valence-electron chi connectivity index (χ1n) is 15.9. The fourth-order valence-electron chi connectivity index (χ4n) is 8.19. The van der Waals surface area contributed by atoms with Gasteiger partial charge in [0, 0.05) is 22.0 Å². The second kappa shape index (κ2) is 10.8. The van der Waals surface area contributed by atoms with Crippen LogP contribution in [0.2, 0.25) is 0 Å². The molecule has 232 valence electrons. The lowest BCUT2D eigenvalue weighted by molar-refractivity contribution is -0.142. The summed E-state index contributed by atoms with van der Waals surface area (Å²) in [7, 11) is 0. The van der Waals surface area contributed by atoms with Gasteiger partial charge in [0.2, 0.25) is 0 Å². The Morgan fingerprint density at radius 2 is 1.11 bits per heavy atom. The molecule has 8 nitrogen and oxygen atoms in total. The molecule has 4 aromatic carbocycles. The fraction of sp³-hybridized carbons (Fsp3) is 0.231. The van der Waals surface area contributed by atoms with Gasteiger partial charge in [-0.2, -0.15) is 0 Å². The maximum atomic E-state index is 12.7. The van der Waals surface area contributed by atoms with Gasteiger partial charge in [0.25, 0.3) is 6.47 Å². The number of nitrogens with zero attached hydrogens (tertiary/aromatic N) is 4. The van der Waals surface area contributed by atoms with Crippen molar-refractivity contribution in [1.82, 2.24) is 19.9 Å². The zero-order chi connectivity index (χ0) is 32.3. The summed E-state index contributed by atoms with van der Waals surface area (Å²) >= 11 is 0. The molecule has 2 aliphatic carbocycles. The minimum Gasteiger partial charge on any atom is -0.481 e. The van der Waals surface area contributed by atoms with Gasteiger partial charge in [-0.1, -0.05) is 79.7 Å². The first kappa shape index (κ1) is 28.9. The van der Waals surface area contributed by atoms with Crippen molar-refractivity contribution in [3.05, 3.63) is 120 Å². The Bertz CT molecular complexity index is 2240. The van der Waals surface area contributed by atoms with Crippen LogP contribution in [-0.2, 0) is 25.2 Å². The van der Waals surface area contributed by atoms with E-state index in [-0.39, 0.29) is 6.42 Å². The summed E-state index contributed by atoms with van der Waals surface area (Å²) in [5.74, 6) is -1.59. The number of hydrogen-bond donors (Lipinski definition) is 1. The van der Waals surface area contributed by atoms with Crippen molar-refractivity contribution < 1.29 is 19.4 Å². The molecule has 2 heterocycles. The van der Waals surface area contributed by atoms with Crippen LogP contribution in [0.25, 0.3) is 44.6 Å². The minimum absolute atomic E-state index is 0.280. The van der Waals surface area contributed by atoms with Crippen LogP contribution < -0.4 is 0 Å². The van der Waals surface area contributed by atoms with Crippen LogP contribution in [0.4, 0.5) is 0 Å². The highest BCUT2D eigenvalue weighted by molar-refractivity contribution is 5.87. The zero-order valence-electron chi connectivity index (χ0n) is 26.1. The Kier molecular flexibility index (Phi) is 6.65. The number of rotatable bonds is 9. The van der Waals surface area contributed by atoms with Crippen LogP contribution in [-0.4, -0.2) is 43.6 Å². The van der Waals surface area contributed by atoms with E-state index in [0.717, 1.165) is 67.1 Å². The summed E-state index contributed by atoms with van der Waals surface area (Å²) in [5.41, 5.74) is 8.39. The standard InChI is InChI=1S/C39H32N4O4/c1-23(37(45)46)19-38(27-13-5-3-11-25(27)33-35(38)42-31-17-9-7-15-29(31)40-33)21-39(20-24(2)47-22-44)28-14-6-4-12-26(28)34-36(39)43-32-18-10-8-16-30(32)41-34/h3-18,22-24H,19-21H2,1-2H3,(H,45,46). The van der Waals surface area contributed by atoms with Gasteiger partial charge in [0.15, 0.2) is 0 Å². The van der Waals surface area contributed by atoms with Gasteiger partial charge in [-0.3, -0.25) is 9.59 Å². The van der Waals surface area contributed by atoms with E-state index in [1.165, 1.54) is 0 Å². The van der Waals surface area contributed by atoms with E-state index in [4.69, 9.17) is 24.7 Å². The topological polar surface area (TPSA) is 115 Å². The van der Waals surface area contributed by atoms with Crippen molar-refractivity contribution in [2.24, 2.45) is 5.92 Å². The number of carboxylic acid groups (broad SMARTS) is 1. The van der Waals surface area contributed by atoms with E-state index in [9.17, 15) is 14.7 Å². The van der Waals surface area contributed by atoms with Crippen LogP contribution in [0.3, 0.4) is 0 Å². The molecule has 1 N–H and O–H groups in total. The highest BCUT2D eigenvalue weighted by Gasteiger charge is 2.56. The van der Waals surface area contributed by atoms with E-state index in [2.05, 4.69) is 24.3 Å². The normalized spacial score (nSPS) is 20.2. The average Bonchev–Trinajstić information content (AvgIpc) is 3.48. The van der Waals surface area contributed by atoms with Crippen molar-refractivity contribution in [3.63, 3.8) is 0 Å². The van der Waals surface area contributed by atoms with Crippen LogP contribution >= 0.6 is 0 Å². The number of carbonyl (C=O) groups is 2. The number of benzene rings is 4. The number of fused-ring (bicyclic) bond motifs is 8. The second-order valence-corrected chi connectivity index (χ2v) is 12.9. The largest absolute Gasteiger partial charge is 0.481 e. The first-order valence-corrected chi connectivity index (χ1v) is 15.9. The Morgan fingerprint density at radius 1 is 0.681 bits per heavy atom. The monoisotopic (exact) mass is 620 g/mol. The minimum atomic E-state index is -0.885. The van der Waals surface area contributed by atoms with Gasteiger partial charge in [0.1, 0.15) is 0 Å². The molecule has 0 fully saturated rings. The molecule has 47 heavy (non-hydrogen) atoms. The van der Waals surface area contributed by atoms with Gasteiger partial charge in [-0.05, 0) is 61.6 Å². The highest BCUT2D eigenvalue weighted by Crippen LogP contribution is 2.61. The molecule has 2 aromatic heterocycles. The van der Waals surface area contributed by atoms with Crippen LogP contribution in [0.15, 0.2) is 97.1 Å². The van der Waals surface area contributed by atoms with Crippen LogP contribution in [0, 0.1) is 5.92 Å². The molecule has 0 aliphatic heterocycles. The van der Waals surface area contributed by atoms with Crippen LogP contribution in [0.1, 0.15) is 55.6 Å². The number of aliphatic carboxylic acids is 1. The molecule has 8 rings (SSSR count). The summed E-state index contributed by atoms with van der Waals surface area (Å²) < 4.78 is 5.61. The molecule has 0 saturated heterocycles. The number of ether oxygens (including phenoxy) is 1. The maximum absolute atomic E-state index is 12.7. The van der Waals surface area contributed by atoms with Crippen molar-refractivity contribution in [2.75, 3.05) is 0 Å². The molecule has 4 atom stereocenters. The Hall–Kier alpha value is -5.50. The SMILES string of the molecule is CC(CC1(CC2(CC(C)C(=O)O)c3ccccc3-c3nc4ccccc4nc32)c2ccccc2-c2nc3ccccc3nc21)OC=O. The summed E-state index contributed by atoms with van der Waals surface area (Å²) in [6.07, 6.45) is 0.623. The van der Waals surface area contributed by atoms with E-state index in [0.29, 0.717) is 19.3 Å². The molecule has 8 heteroatoms. The fourth-order valence-corrected chi connectivity index (χ4v) is 8.19. The van der Waals surface area contributed by atoms with E-state index < -0.39 is 28.8 Å². The Morgan fingerprint density at radius 3 is 1.57 bits per heavy atom. The Labute approximate surface area is 271 Å². The average molecular weight is 621 g/mol. The van der Waals surface area contributed by atoms with E-state index in [1.807, 2.05) is 79.7 Å². The number of aromatic nitrogens is 4. The predicted octanol–water partition coefficient (Wildman–Crippen LogP) is 7.26. The lowest BCUT2D eigenvalue weighted by Crippen LogP contribution is -2.42. The van der Waals surface area contributed by atoms with Gasteiger partial charge >= 0.3 is 5.97 Å². The molecule has 2 aliphatic rings. The number of hydrogen-bond acceptors (Lipinski definition) is 7. The lowest BCUT2D eigenvalue weighted by atomic mass is 9.60. The molecule has 0 saturated carbocycles. The zero-order valence-corrected chi connectivity index (χ0v) is 26.1. The smallest absolute Gasteiger partial charge is 0.306 e. The van der Waals surface area contributed by atoms with Gasteiger partial charge in [-0.15, -0.1) is 0 Å². The third-order valence-electron chi connectivity index (χ3n) is 10.0. The number of carbonyl (C=O) groups excluding carboxylic acids is 1. The molecule has 0 bridgehead atoms. The third-order valence-corrected chi connectivity index (χ3v) is 10.0. The molecule has 4 unspecified atom stereocenters. The summed E-state index contributed by atoms with van der Waals surface area (Å²) in [4.78, 5) is 45.3. The predicted molar refractivity (Wildman–Crippen MR) is 179 cm³/mol. The van der Waals surface area contributed by atoms with Crippen molar-refractivity contribution in [2.45, 2.75) is 50.0 Å². The molecular weight excluding hydrogens is 588 g/mol. The van der Waals surface area contributed by atoms with Gasteiger partial charge in [-0.25, -0.2) is 19.9 Å². The second-order valence-electron chi connectivity index (χ2n) is 12.9. The molecule has 0 spiro atoms. The van der Waals surface area contributed by atoms with E-state index >= 15 is 0 Å². The molecular formula is C39H32N4O4. The van der Waals surface area contributed by atoms with Crippen LogP contribution in [0.5, 0.6) is 0 Å². The maximum Gasteiger partial charge on any atom is 0.306 e. The summed E-state index contributed by atoms with van der Waals surface area (Å²) in [6.45, 7) is 4.14. The van der Waals surface area contributed by atoms with Crippen molar-refractivity contribution in [3.8, 4) is 22.5 Å². The molecule has 0 amide bonds. The van der Waals surface area contributed by atoms with Crippen molar-refractivity contribution >= 4 is 34.5 Å². The number of para-hydroxylation sites is 4.